The molecule has 1 aromatic heterocycles. The molecule has 0 aliphatic carbocycles. The van der Waals surface area contributed by atoms with Crippen LogP contribution in [0.25, 0.3) is 0 Å². The van der Waals surface area contributed by atoms with Gasteiger partial charge < -0.3 is 14.2 Å². The fraction of sp³-hybridized carbons (Fsp3) is 0.450. The van der Waals surface area contributed by atoms with Crippen LogP contribution in [0.1, 0.15) is 30.2 Å². The average Bonchev–Trinajstić information content (AvgIpc) is 2.62. The Labute approximate surface area is 169 Å². The molecule has 4 nitrogen and oxygen atoms in total. The first-order valence-corrected chi connectivity index (χ1v) is 8.97. The van der Waals surface area contributed by atoms with Gasteiger partial charge in [-0.15, -0.1) is 0 Å². The number of aryl methyl sites for hydroxylation is 2. The largest absolute Gasteiger partial charge is 0.439 e. The Kier molecular flexibility index (Phi) is 7.36. The number of hydrogen-bond donors (Lipinski definition) is 0. The highest BCUT2D eigenvalue weighted by Gasteiger charge is 2.73. The summed E-state index contributed by atoms with van der Waals surface area (Å²) >= 11 is 0. The number of pyridine rings is 1. The maximum absolute atomic E-state index is 13.7. The molecule has 2 rings (SSSR count). The molecule has 0 saturated heterocycles. The van der Waals surface area contributed by atoms with E-state index in [0.717, 1.165) is 19.2 Å². The van der Waals surface area contributed by atoms with Gasteiger partial charge in [0.1, 0.15) is 12.5 Å². The van der Waals surface area contributed by atoms with Crippen molar-refractivity contribution >= 4 is 0 Å². The van der Waals surface area contributed by atoms with E-state index < -0.39 is 30.3 Å². The van der Waals surface area contributed by atoms with E-state index >= 15 is 0 Å². The van der Waals surface area contributed by atoms with Gasteiger partial charge in [-0.05, 0) is 37.1 Å². The van der Waals surface area contributed by atoms with Crippen molar-refractivity contribution in [3.63, 3.8) is 0 Å². The van der Waals surface area contributed by atoms with Gasteiger partial charge in [-0.2, -0.15) is 26.3 Å². The minimum Gasteiger partial charge on any atom is -0.439 e. The van der Waals surface area contributed by atoms with Gasteiger partial charge in [-0.25, -0.2) is 4.98 Å². The first-order valence-electron chi connectivity index (χ1n) is 8.97. The summed E-state index contributed by atoms with van der Waals surface area (Å²) in [6.45, 7) is 2.26. The van der Waals surface area contributed by atoms with E-state index in [9.17, 15) is 26.3 Å². The molecule has 1 aromatic carbocycles. The van der Waals surface area contributed by atoms with E-state index in [-0.39, 0.29) is 23.6 Å². The maximum Gasteiger partial charge on any atom is 0.430 e. The lowest BCUT2D eigenvalue weighted by Crippen LogP contribution is -2.56. The van der Waals surface area contributed by atoms with Crippen LogP contribution in [0.2, 0.25) is 0 Å². The number of alkyl halides is 6. The Balaban J connectivity index is 2.61. The first kappa shape index (κ1) is 23.9. The number of halogens is 6. The van der Waals surface area contributed by atoms with Gasteiger partial charge in [0, 0.05) is 24.4 Å². The van der Waals surface area contributed by atoms with E-state index in [0.29, 0.717) is 18.2 Å². The topological polar surface area (TPSA) is 40.6 Å². The Morgan fingerprint density at radius 2 is 1.63 bits per heavy atom. The van der Waals surface area contributed by atoms with E-state index in [1.54, 1.807) is 26.0 Å². The predicted octanol–water partition coefficient (Wildman–Crippen LogP) is 6.08. The Morgan fingerprint density at radius 1 is 0.967 bits per heavy atom. The fourth-order valence-electron chi connectivity index (χ4n) is 2.93. The van der Waals surface area contributed by atoms with Crippen LogP contribution in [0.3, 0.4) is 0 Å². The van der Waals surface area contributed by atoms with Crippen LogP contribution in [-0.2, 0) is 21.5 Å². The van der Waals surface area contributed by atoms with Gasteiger partial charge >= 0.3 is 12.4 Å². The lowest BCUT2D eigenvalue weighted by molar-refractivity contribution is -0.400. The zero-order valence-electron chi connectivity index (χ0n) is 16.5. The van der Waals surface area contributed by atoms with Crippen molar-refractivity contribution in [1.29, 1.82) is 0 Å². The van der Waals surface area contributed by atoms with Gasteiger partial charge in [0.05, 0.1) is 0 Å². The second-order valence-electron chi connectivity index (χ2n) is 6.52. The highest BCUT2D eigenvalue weighted by Crippen LogP contribution is 2.53. The molecule has 0 unspecified atom stereocenters. The average molecular weight is 437 g/mol. The molecule has 0 saturated carbocycles. The van der Waals surface area contributed by atoms with Crippen molar-refractivity contribution in [2.24, 2.45) is 0 Å². The van der Waals surface area contributed by atoms with Crippen LogP contribution >= 0.6 is 0 Å². The Morgan fingerprint density at radius 3 is 2.17 bits per heavy atom. The summed E-state index contributed by atoms with van der Waals surface area (Å²) in [6, 6.07) is 7.49. The molecule has 0 bridgehead atoms. The molecule has 0 aliphatic heterocycles. The summed E-state index contributed by atoms with van der Waals surface area (Å²) in [7, 11) is 0.936. The number of nitrogens with zero attached hydrogens (tertiary/aromatic N) is 1. The third kappa shape index (κ3) is 4.86. The summed E-state index contributed by atoms with van der Waals surface area (Å²) in [6.07, 6.45) is -10.9. The summed E-state index contributed by atoms with van der Waals surface area (Å²) in [5, 5.41) is 0. The highest BCUT2D eigenvalue weighted by molar-refractivity contribution is 5.43. The summed E-state index contributed by atoms with van der Waals surface area (Å²) in [5.74, 6) is 0.289. The molecule has 1 heterocycles. The van der Waals surface area contributed by atoms with E-state index in [4.69, 9.17) is 4.74 Å². The quantitative estimate of drug-likeness (QED) is 0.371. The number of benzene rings is 1. The van der Waals surface area contributed by atoms with E-state index in [1.807, 2.05) is 0 Å². The van der Waals surface area contributed by atoms with Crippen molar-refractivity contribution in [2.75, 3.05) is 13.9 Å². The molecule has 10 heteroatoms. The number of rotatable bonds is 8. The van der Waals surface area contributed by atoms with Crippen LogP contribution < -0.4 is 4.74 Å². The van der Waals surface area contributed by atoms with Crippen molar-refractivity contribution in [3.05, 3.63) is 53.2 Å². The van der Waals surface area contributed by atoms with Crippen LogP contribution in [-0.4, -0.2) is 31.2 Å². The zero-order chi connectivity index (χ0) is 22.6. The molecule has 166 valence electrons. The molecule has 0 radical (unpaired) electrons. The van der Waals surface area contributed by atoms with Crippen LogP contribution in [0.15, 0.2) is 36.4 Å². The number of methoxy groups -OCH3 is 1. The Bertz CT molecular complexity index is 837. The maximum atomic E-state index is 13.7. The Hall–Kier alpha value is -2.33. The smallest absolute Gasteiger partial charge is 0.430 e. The summed E-state index contributed by atoms with van der Waals surface area (Å²) < 4.78 is 96.7. The molecule has 0 N–H and O–H groups in total. The lowest BCUT2D eigenvalue weighted by Gasteiger charge is -2.37. The summed E-state index contributed by atoms with van der Waals surface area (Å²) in [4.78, 5) is 4.14. The molecule has 0 spiro atoms. The molecular weight excluding hydrogens is 416 g/mol. The third-order valence-electron chi connectivity index (χ3n) is 4.26. The highest BCUT2D eigenvalue weighted by atomic mass is 19.4. The SMILES string of the molecule is CCCc1cc(C(OCOC)(C(F)(F)F)C(F)(F)F)ccc1Oc1cccc(C)n1. The standard InChI is InChI=1S/C20H21F6NO3/c1-4-6-14-11-15(9-10-16(14)30-17-8-5-7-13(2)27-17)18(19(21,22)23,20(24,25)26)29-12-28-3/h5,7-11H,4,6,12H2,1-3H3. The molecule has 2 aromatic rings. The van der Waals surface area contributed by atoms with Crippen molar-refractivity contribution in [3.8, 4) is 11.6 Å². The van der Waals surface area contributed by atoms with E-state index in [2.05, 4.69) is 14.5 Å². The molecule has 30 heavy (non-hydrogen) atoms. The van der Waals surface area contributed by atoms with Gasteiger partial charge in [0.25, 0.3) is 5.60 Å². The summed E-state index contributed by atoms with van der Waals surface area (Å²) in [5.41, 5.74) is -4.84. The second kappa shape index (κ2) is 9.22. The zero-order valence-corrected chi connectivity index (χ0v) is 16.5. The number of aromatic nitrogens is 1. The fourth-order valence-corrected chi connectivity index (χ4v) is 2.93. The van der Waals surface area contributed by atoms with Crippen LogP contribution in [0.4, 0.5) is 26.3 Å². The van der Waals surface area contributed by atoms with Gasteiger partial charge in [-0.3, -0.25) is 0 Å². The van der Waals surface area contributed by atoms with Crippen LogP contribution in [0, 0.1) is 6.92 Å². The van der Waals surface area contributed by atoms with Gasteiger partial charge in [0.2, 0.25) is 5.88 Å². The second-order valence-corrected chi connectivity index (χ2v) is 6.52. The number of hydrogen-bond acceptors (Lipinski definition) is 4. The first-order chi connectivity index (χ1) is 14.0. The normalized spacial score (nSPS) is 12.8. The molecule has 0 atom stereocenters. The molecule has 0 aliphatic rings. The molecular formula is C20H21F6NO3. The molecule has 0 fully saturated rings. The lowest BCUT2D eigenvalue weighted by atomic mass is 9.89. The minimum absolute atomic E-state index is 0.115. The van der Waals surface area contributed by atoms with Gasteiger partial charge in [-0.1, -0.05) is 25.5 Å². The predicted molar refractivity (Wildman–Crippen MR) is 96.2 cm³/mol. The van der Waals surface area contributed by atoms with Crippen molar-refractivity contribution in [1.82, 2.24) is 4.98 Å². The van der Waals surface area contributed by atoms with Crippen LogP contribution in [0.5, 0.6) is 11.6 Å². The van der Waals surface area contributed by atoms with Crippen molar-refractivity contribution < 1.29 is 40.6 Å². The third-order valence-corrected chi connectivity index (χ3v) is 4.26. The number of ether oxygens (including phenoxy) is 3. The van der Waals surface area contributed by atoms with Crippen molar-refractivity contribution in [2.45, 2.75) is 44.6 Å². The minimum atomic E-state index is -5.78. The van der Waals surface area contributed by atoms with E-state index in [1.165, 1.54) is 6.07 Å². The monoisotopic (exact) mass is 437 g/mol. The van der Waals surface area contributed by atoms with Gasteiger partial charge in [0.15, 0.2) is 0 Å². The molecule has 0 amide bonds.